The van der Waals surface area contributed by atoms with Gasteiger partial charge in [-0.2, -0.15) is 0 Å². The number of hydrogen-bond acceptors (Lipinski definition) is 4. The lowest BCUT2D eigenvalue weighted by Gasteiger charge is -2.40. The minimum absolute atomic E-state index is 0.142. The minimum Gasteiger partial charge on any atom is -0.463 e. The number of aryl methyl sites for hydroxylation is 2. The lowest BCUT2D eigenvalue weighted by atomic mass is 9.73. The van der Waals surface area contributed by atoms with Gasteiger partial charge < -0.3 is 9.47 Å². The Morgan fingerprint density at radius 2 is 1.76 bits per heavy atom. The second kappa shape index (κ2) is 9.89. The van der Waals surface area contributed by atoms with Crippen LogP contribution in [0.15, 0.2) is 36.4 Å². The molecule has 2 aromatic carbocycles. The predicted octanol–water partition coefficient (Wildman–Crippen LogP) is 6.61. The smallest absolute Gasteiger partial charge is 0.350 e. The van der Waals surface area contributed by atoms with Crippen LogP contribution >= 0.6 is 11.6 Å². The monoisotopic (exact) mass is 468 g/mol. The van der Waals surface area contributed by atoms with Gasteiger partial charge in [0.1, 0.15) is 0 Å². The van der Waals surface area contributed by atoms with Gasteiger partial charge in [-0.15, -0.1) is 0 Å². The van der Waals surface area contributed by atoms with Crippen LogP contribution in [0.2, 0.25) is 5.02 Å². The molecule has 0 heterocycles. The maximum Gasteiger partial charge on any atom is 0.350 e. The Kier molecular flexibility index (Phi) is 7.13. The number of esters is 2. The average molecular weight is 469 g/mol. The van der Waals surface area contributed by atoms with E-state index in [-0.39, 0.29) is 25.0 Å². The van der Waals surface area contributed by atoms with Gasteiger partial charge >= 0.3 is 11.9 Å². The zero-order chi connectivity index (χ0) is 23.6. The van der Waals surface area contributed by atoms with Gasteiger partial charge in [0.05, 0.1) is 13.0 Å². The summed E-state index contributed by atoms with van der Waals surface area (Å²) in [4.78, 5) is 26.0. The summed E-state index contributed by atoms with van der Waals surface area (Å²) < 4.78 is 11.4. The molecule has 2 fully saturated rings. The van der Waals surface area contributed by atoms with Crippen LogP contribution in [0, 0.1) is 25.7 Å². The van der Waals surface area contributed by atoms with Crippen LogP contribution in [0.4, 0.5) is 0 Å². The van der Waals surface area contributed by atoms with Crippen molar-refractivity contribution in [2.24, 2.45) is 11.8 Å². The summed E-state index contributed by atoms with van der Waals surface area (Å²) in [5, 5.41) is 0.703. The molecule has 2 saturated carbocycles. The molecule has 0 amide bonds. The molecule has 4 nitrogen and oxygen atoms in total. The van der Waals surface area contributed by atoms with Gasteiger partial charge in [0.25, 0.3) is 0 Å². The van der Waals surface area contributed by atoms with Gasteiger partial charge in [-0.3, -0.25) is 4.79 Å². The van der Waals surface area contributed by atoms with Crippen molar-refractivity contribution in [3.8, 4) is 11.1 Å². The summed E-state index contributed by atoms with van der Waals surface area (Å²) in [5.74, 6) is 0.353. The van der Waals surface area contributed by atoms with E-state index in [1.165, 1.54) is 12.8 Å². The van der Waals surface area contributed by atoms with Crippen LogP contribution < -0.4 is 0 Å². The van der Waals surface area contributed by atoms with Crippen LogP contribution in [-0.4, -0.2) is 24.1 Å². The largest absolute Gasteiger partial charge is 0.463 e. The number of ether oxygens (including phenoxy) is 2. The van der Waals surface area contributed by atoms with E-state index >= 15 is 0 Å². The van der Waals surface area contributed by atoms with Crippen LogP contribution in [0.5, 0.6) is 0 Å². The van der Waals surface area contributed by atoms with E-state index in [2.05, 4.69) is 6.07 Å². The highest BCUT2D eigenvalue weighted by Crippen LogP contribution is 2.47. The zero-order valence-electron chi connectivity index (χ0n) is 19.8. The fraction of sp³-hybridized carbons (Fsp3) is 0.500. The third kappa shape index (κ3) is 5.11. The van der Waals surface area contributed by atoms with Gasteiger partial charge in [-0.1, -0.05) is 55.1 Å². The Balaban J connectivity index is 1.52. The minimum atomic E-state index is -1.13. The van der Waals surface area contributed by atoms with E-state index in [1.54, 1.807) is 6.92 Å². The molecule has 0 N–H and O–H groups in total. The fourth-order valence-corrected chi connectivity index (χ4v) is 5.83. The molecular weight excluding hydrogens is 436 g/mol. The van der Waals surface area contributed by atoms with E-state index in [9.17, 15) is 9.59 Å². The molecule has 0 spiro atoms. The molecule has 3 unspecified atom stereocenters. The van der Waals surface area contributed by atoms with Crippen molar-refractivity contribution >= 4 is 23.5 Å². The highest BCUT2D eigenvalue weighted by Gasteiger charge is 2.51. The molecule has 2 aromatic rings. The second-order valence-corrected chi connectivity index (χ2v) is 10.1. The number of carbonyl (C=O) groups is 2. The van der Waals surface area contributed by atoms with E-state index in [0.29, 0.717) is 29.7 Å². The number of carbonyl (C=O) groups excluding carboxylic acids is 2. The van der Waals surface area contributed by atoms with Gasteiger partial charge in [-0.25, -0.2) is 4.79 Å². The Morgan fingerprint density at radius 1 is 1.03 bits per heavy atom. The number of halogens is 1. The summed E-state index contributed by atoms with van der Waals surface area (Å²) in [6.45, 7) is 6.13. The third-order valence-electron chi connectivity index (χ3n) is 7.46. The van der Waals surface area contributed by atoms with Crippen molar-refractivity contribution in [2.75, 3.05) is 6.61 Å². The Labute approximate surface area is 201 Å². The highest BCUT2D eigenvalue weighted by molar-refractivity contribution is 6.30. The molecule has 2 aliphatic rings. The van der Waals surface area contributed by atoms with Gasteiger partial charge in [0.2, 0.25) is 5.60 Å². The standard InChI is InChI=1S/C28H33ClO4/c1-4-32-27(31)28(13-12-20-6-5-7-22(20)17-28)33-26(30)16-23-14-19(3)25(15-18(23)2)21-8-10-24(29)11-9-21/h8-11,14-15,20,22H,4-7,12-13,16-17H2,1-3H3. The summed E-state index contributed by atoms with van der Waals surface area (Å²) in [6.07, 6.45) is 5.74. The predicted molar refractivity (Wildman–Crippen MR) is 130 cm³/mol. The maximum atomic E-state index is 13.1. The van der Waals surface area contributed by atoms with Crippen LogP contribution in [0.25, 0.3) is 11.1 Å². The van der Waals surface area contributed by atoms with Crippen molar-refractivity contribution < 1.29 is 19.1 Å². The van der Waals surface area contributed by atoms with Gasteiger partial charge in [0.15, 0.2) is 0 Å². The molecule has 3 atom stereocenters. The topological polar surface area (TPSA) is 52.6 Å². The fourth-order valence-electron chi connectivity index (χ4n) is 5.71. The number of fused-ring (bicyclic) bond motifs is 1. The second-order valence-electron chi connectivity index (χ2n) is 9.66. The summed E-state index contributed by atoms with van der Waals surface area (Å²) in [7, 11) is 0. The molecule has 4 rings (SSSR count). The first-order valence-electron chi connectivity index (χ1n) is 12.1. The Morgan fingerprint density at radius 3 is 2.48 bits per heavy atom. The van der Waals surface area contributed by atoms with Gasteiger partial charge in [0, 0.05) is 11.4 Å². The van der Waals surface area contributed by atoms with Crippen molar-refractivity contribution in [1.29, 1.82) is 0 Å². The quantitative estimate of drug-likeness (QED) is 0.447. The molecular formula is C28H33ClO4. The molecule has 176 valence electrons. The van der Waals surface area contributed by atoms with E-state index in [1.807, 2.05) is 44.2 Å². The lowest BCUT2D eigenvalue weighted by molar-refractivity contribution is -0.189. The Bertz CT molecular complexity index is 1030. The normalized spacial score (nSPS) is 24.2. The maximum absolute atomic E-state index is 13.1. The number of rotatable bonds is 6. The van der Waals surface area contributed by atoms with Crippen molar-refractivity contribution in [1.82, 2.24) is 0 Å². The molecule has 33 heavy (non-hydrogen) atoms. The van der Waals surface area contributed by atoms with Crippen LogP contribution in [0.1, 0.15) is 62.1 Å². The van der Waals surface area contributed by atoms with Crippen molar-refractivity contribution in [3.63, 3.8) is 0 Å². The third-order valence-corrected chi connectivity index (χ3v) is 7.71. The first kappa shape index (κ1) is 23.8. The SMILES string of the molecule is CCOC(=O)C1(OC(=O)Cc2cc(C)c(-c3ccc(Cl)cc3)cc2C)CCC2CCCC2C1. The Hall–Kier alpha value is -2.33. The summed E-state index contributed by atoms with van der Waals surface area (Å²) in [6, 6.07) is 11.9. The number of hydrogen-bond donors (Lipinski definition) is 0. The number of benzene rings is 2. The molecule has 0 aliphatic heterocycles. The zero-order valence-corrected chi connectivity index (χ0v) is 20.5. The molecule has 0 saturated heterocycles. The summed E-state index contributed by atoms with van der Waals surface area (Å²) in [5.41, 5.74) is 4.09. The van der Waals surface area contributed by atoms with Crippen LogP contribution in [0.3, 0.4) is 0 Å². The molecule has 5 heteroatoms. The molecule has 0 aromatic heterocycles. The van der Waals surface area contributed by atoms with Crippen LogP contribution in [-0.2, 0) is 25.5 Å². The van der Waals surface area contributed by atoms with E-state index < -0.39 is 5.60 Å². The van der Waals surface area contributed by atoms with E-state index in [0.717, 1.165) is 40.7 Å². The van der Waals surface area contributed by atoms with Crippen molar-refractivity contribution in [3.05, 3.63) is 58.1 Å². The molecule has 2 aliphatic carbocycles. The van der Waals surface area contributed by atoms with Crippen molar-refractivity contribution in [2.45, 2.75) is 71.3 Å². The lowest BCUT2D eigenvalue weighted by Crippen LogP contribution is -2.49. The first-order chi connectivity index (χ1) is 15.8. The first-order valence-corrected chi connectivity index (χ1v) is 12.4. The molecule has 0 bridgehead atoms. The molecule has 0 radical (unpaired) electrons. The summed E-state index contributed by atoms with van der Waals surface area (Å²) >= 11 is 6.03. The highest BCUT2D eigenvalue weighted by atomic mass is 35.5. The average Bonchev–Trinajstić information content (AvgIpc) is 3.24. The van der Waals surface area contributed by atoms with E-state index in [4.69, 9.17) is 21.1 Å². The van der Waals surface area contributed by atoms with Gasteiger partial charge in [-0.05, 0) is 85.4 Å².